The zero-order valence-corrected chi connectivity index (χ0v) is 21.4. The van der Waals surface area contributed by atoms with Crippen molar-refractivity contribution in [2.24, 2.45) is 5.92 Å². The fourth-order valence-electron chi connectivity index (χ4n) is 7.80. The average Bonchev–Trinajstić information content (AvgIpc) is 3.66. The van der Waals surface area contributed by atoms with Crippen LogP contribution in [0.3, 0.4) is 0 Å². The molecule has 0 saturated carbocycles. The number of nitrogens with zero attached hydrogens (tertiary/aromatic N) is 1. The molecule has 0 radical (unpaired) electrons. The van der Waals surface area contributed by atoms with E-state index >= 15 is 0 Å². The molecule has 3 aromatic rings. The van der Waals surface area contributed by atoms with Gasteiger partial charge in [0, 0.05) is 28.5 Å². The number of hydrogen-bond acceptors (Lipinski definition) is 5. The summed E-state index contributed by atoms with van der Waals surface area (Å²) in [6.45, 7) is 2.71. The van der Waals surface area contributed by atoms with E-state index in [1.54, 1.807) is 31.4 Å². The number of methoxy groups -OCH3 is 1. The molecule has 38 heavy (non-hydrogen) atoms. The summed E-state index contributed by atoms with van der Waals surface area (Å²) in [5, 5.41) is 6.21. The van der Waals surface area contributed by atoms with E-state index in [0.717, 1.165) is 30.4 Å². The first kappa shape index (κ1) is 23.2. The first-order chi connectivity index (χ1) is 18.5. The van der Waals surface area contributed by atoms with Gasteiger partial charge in [0.1, 0.15) is 16.7 Å². The number of carbonyl (C=O) groups excluding carboxylic acids is 3. The lowest BCUT2D eigenvalue weighted by molar-refractivity contribution is -0.137. The lowest BCUT2D eigenvalue weighted by Gasteiger charge is -2.43. The Morgan fingerprint density at radius 1 is 0.974 bits per heavy atom. The molecule has 2 fully saturated rings. The van der Waals surface area contributed by atoms with Crippen molar-refractivity contribution >= 4 is 29.0 Å². The van der Waals surface area contributed by atoms with Crippen LogP contribution in [0.1, 0.15) is 46.8 Å². The number of hydrogen-bond donors (Lipinski definition) is 2. The van der Waals surface area contributed by atoms with Crippen LogP contribution in [0.5, 0.6) is 5.75 Å². The molecule has 4 heterocycles. The van der Waals surface area contributed by atoms with Gasteiger partial charge in [-0.1, -0.05) is 49.4 Å². The SMILES string of the molecule is CCc1ccc2c(c1)C1(C(=O)N2)N2CCCC2C(C(=O)c2cccc(OC)c2)C12C(=O)Nc1ccccc12. The standard InChI is InChI=1S/C31H29N3O4/c1-3-18-13-14-24-22(16-18)31(29(37)33-24)30(21-10-4-5-11-23(21)32-28(30)36)26(25-12-7-15-34(25)31)27(35)19-8-6-9-20(17-19)38-2/h4-6,8-11,13-14,16-17,25-26H,3,7,12,15H2,1-2H3,(H,32,36)(H,33,37). The van der Waals surface area contributed by atoms with E-state index in [0.29, 0.717) is 34.8 Å². The number of carbonyl (C=O) groups is 3. The van der Waals surface area contributed by atoms with Crippen LogP contribution in [0, 0.1) is 5.92 Å². The van der Waals surface area contributed by atoms with Crippen LogP contribution < -0.4 is 15.4 Å². The van der Waals surface area contributed by atoms with Crippen molar-refractivity contribution in [1.82, 2.24) is 4.90 Å². The van der Waals surface area contributed by atoms with E-state index in [2.05, 4.69) is 28.5 Å². The van der Waals surface area contributed by atoms with Crippen molar-refractivity contribution in [3.63, 3.8) is 0 Å². The molecular formula is C31H29N3O4. The molecule has 0 bridgehead atoms. The summed E-state index contributed by atoms with van der Waals surface area (Å²) in [5.74, 6) is -0.853. The minimum Gasteiger partial charge on any atom is -0.497 e. The summed E-state index contributed by atoms with van der Waals surface area (Å²) >= 11 is 0. The zero-order chi connectivity index (χ0) is 26.2. The Kier molecular flexibility index (Phi) is 4.89. The summed E-state index contributed by atoms with van der Waals surface area (Å²) in [6.07, 6.45) is 2.38. The lowest BCUT2D eigenvalue weighted by atomic mass is 9.57. The third-order valence-corrected chi connectivity index (χ3v) is 9.21. The monoisotopic (exact) mass is 507 g/mol. The topological polar surface area (TPSA) is 87.7 Å². The first-order valence-corrected chi connectivity index (χ1v) is 13.3. The Labute approximate surface area is 221 Å². The van der Waals surface area contributed by atoms with Gasteiger partial charge in [0.2, 0.25) is 5.91 Å². The summed E-state index contributed by atoms with van der Waals surface area (Å²) in [5.41, 5.74) is 1.67. The van der Waals surface area contributed by atoms with Gasteiger partial charge in [-0.2, -0.15) is 0 Å². The Morgan fingerprint density at radius 2 is 1.76 bits per heavy atom. The van der Waals surface area contributed by atoms with E-state index in [4.69, 9.17) is 4.74 Å². The highest BCUT2D eigenvalue weighted by Crippen LogP contribution is 2.67. The van der Waals surface area contributed by atoms with Gasteiger partial charge in [-0.25, -0.2) is 0 Å². The molecule has 0 aliphatic carbocycles. The molecule has 192 valence electrons. The van der Waals surface area contributed by atoms with Crippen molar-refractivity contribution in [3.8, 4) is 5.75 Å². The van der Waals surface area contributed by atoms with Crippen LogP contribution in [-0.2, 0) is 27.0 Å². The Bertz CT molecular complexity index is 1530. The maximum absolute atomic E-state index is 14.7. The van der Waals surface area contributed by atoms with E-state index in [9.17, 15) is 14.4 Å². The number of amides is 2. The lowest BCUT2D eigenvalue weighted by Crippen LogP contribution is -2.62. The minimum absolute atomic E-state index is 0.141. The van der Waals surface area contributed by atoms with Crippen LogP contribution in [-0.4, -0.2) is 42.2 Å². The van der Waals surface area contributed by atoms with Crippen LogP contribution in [0.4, 0.5) is 11.4 Å². The molecule has 7 heteroatoms. The molecule has 2 N–H and O–H groups in total. The molecule has 4 aliphatic heterocycles. The number of ether oxygens (including phenoxy) is 1. The molecule has 7 rings (SSSR count). The number of ketones is 1. The van der Waals surface area contributed by atoms with Gasteiger partial charge in [0.05, 0.1) is 13.0 Å². The zero-order valence-electron chi connectivity index (χ0n) is 21.4. The number of aryl methyl sites for hydroxylation is 1. The molecule has 3 aromatic carbocycles. The highest BCUT2D eigenvalue weighted by molar-refractivity contribution is 6.21. The number of para-hydroxylation sites is 1. The van der Waals surface area contributed by atoms with E-state index in [-0.39, 0.29) is 23.6 Å². The van der Waals surface area contributed by atoms with Crippen molar-refractivity contribution < 1.29 is 19.1 Å². The molecule has 4 unspecified atom stereocenters. The third-order valence-electron chi connectivity index (χ3n) is 9.21. The maximum atomic E-state index is 14.7. The first-order valence-electron chi connectivity index (χ1n) is 13.3. The highest BCUT2D eigenvalue weighted by Gasteiger charge is 2.81. The quantitative estimate of drug-likeness (QED) is 0.515. The average molecular weight is 508 g/mol. The normalized spacial score (nSPS) is 28.8. The highest BCUT2D eigenvalue weighted by atomic mass is 16.5. The molecular weight excluding hydrogens is 478 g/mol. The number of anilines is 2. The predicted octanol–water partition coefficient (Wildman–Crippen LogP) is 4.27. The summed E-state index contributed by atoms with van der Waals surface area (Å²) < 4.78 is 5.42. The third kappa shape index (κ3) is 2.59. The van der Waals surface area contributed by atoms with Gasteiger partial charge in [-0.15, -0.1) is 0 Å². The van der Waals surface area contributed by atoms with Gasteiger partial charge in [0.25, 0.3) is 5.91 Å². The molecule has 2 spiro atoms. The molecule has 0 aromatic heterocycles. The van der Waals surface area contributed by atoms with Gasteiger partial charge in [0.15, 0.2) is 5.78 Å². The van der Waals surface area contributed by atoms with E-state index in [1.807, 2.05) is 36.4 Å². The summed E-state index contributed by atoms with van der Waals surface area (Å²) in [7, 11) is 1.57. The van der Waals surface area contributed by atoms with Crippen LogP contribution >= 0.6 is 0 Å². The smallest absolute Gasteiger partial charge is 0.251 e. The summed E-state index contributed by atoms with van der Waals surface area (Å²) in [4.78, 5) is 45.8. The van der Waals surface area contributed by atoms with Crippen molar-refractivity contribution in [1.29, 1.82) is 0 Å². The van der Waals surface area contributed by atoms with Crippen LogP contribution in [0.25, 0.3) is 0 Å². The maximum Gasteiger partial charge on any atom is 0.251 e. The number of benzene rings is 3. The van der Waals surface area contributed by atoms with E-state index < -0.39 is 16.9 Å². The van der Waals surface area contributed by atoms with Crippen molar-refractivity contribution in [3.05, 3.63) is 89.0 Å². The van der Waals surface area contributed by atoms with E-state index in [1.165, 1.54) is 0 Å². The Morgan fingerprint density at radius 3 is 2.58 bits per heavy atom. The largest absolute Gasteiger partial charge is 0.497 e. The van der Waals surface area contributed by atoms with Gasteiger partial charge >= 0.3 is 0 Å². The molecule has 2 amide bonds. The molecule has 2 saturated heterocycles. The van der Waals surface area contributed by atoms with Gasteiger partial charge < -0.3 is 15.4 Å². The number of fused-ring (bicyclic) bond motifs is 7. The second kappa shape index (κ2) is 8.01. The minimum atomic E-state index is -1.43. The summed E-state index contributed by atoms with van der Waals surface area (Å²) in [6, 6.07) is 20.4. The predicted molar refractivity (Wildman–Crippen MR) is 143 cm³/mol. The number of Topliss-reactive ketones (excluding diaryl/α,β-unsaturated/α-hetero) is 1. The fourth-order valence-corrected chi connectivity index (χ4v) is 7.80. The number of rotatable bonds is 4. The molecule has 7 nitrogen and oxygen atoms in total. The molecule has 4 aliphatic rings. The Hall–Kier alpha value is -3.97. The van der Waals surface area contributed by atoms with Crippen molar-refractivity contribution in [2.75, 3.05) is 24.3 Å². The second-order valence-corrected chi connectivity index (χ2v) is 10.7. The Balaban J connectivity index is 1.58. The second-order valence-electron chi connectivity index (χ2n) is 10.7. The van der Waals surface area contributed by atoms with Gasteiger partial charge in [-0.3, -0.25) is 19.3 Å². The van der Waals surface area contributed by atoms with Crippen molar-refractivity contribution in [2.45, 2.75) is 43.2 Å². The van der Waals surface area contributed by atoms with Crippen LogP contribution in [0.2, 0.25) is 0 Å². The fraction of sp³-hybridized carbons (Fsp3) is 0.323. The van der Waals surface area contributed by atoms with Gasteiger partial charge in [-0.05, 0) is 61.2 Å². The molecule has 4 atom stereocenters. The van der Waals surface area contributed by atoms with Crippen LogP contribution in [0.15, 0.2) is 66.7 Å². The number of nitrogens with one attached hydrogen (secondary N) is 2.